The number of ether oxygens (including phenoxy) is 1. The summed E-state index contributed by atoms with van der Waals surface area (Å²) in [7, 11) is 0. The molecule has 0 fully saturated rings. The van der Waals surface area contributed by atoms with Crippen LogP contribution in [0.15, 0.2) is 60.8 Å². The molecule has 4 heteroatoms. The first-order valence-corrected chi connectivity index (χ1v) is 12.3. The van der Waals surface area contributed by atoms with Gasteiger partial charge in [-0.3, -0.25) is 4.90 Å². The van der Waals surface area contributed by atoms with Crippen molar-refractivity contribution in [2.24, 2.45) is 0 Å². The van der Waals surface area contributed by atoms with Gasteiger partial charge in [0.2, 0.25) is 0 Å². The molecule has 0 unspecified atom stereocenters. The number of thioether (sulfide) groups is 1. The number of rotatable bonds is 10. The summed E-state index contributed by atoms with van der Waals surface area (Å²) in [5.74, 6) is 3.18. The Labute approximate surface area is 184 Å². The summed E-state index contributed by atoms with van der Waals surface area (Å²) in [4.78, 5) is 5.97. The second-order valence-corrected chi connectivity index (χ2v) is 9.03. The van der Waals surface area contributed by atoms with Gasteiger partial charge in [-0.15, -0.1) is 0 Å². The predicted molar refractivity (Wildman–Crippen MR) is 130 cm³/mol. The minimum atomic E-state index is 0.798. The molecule has 30 heavy (non-hydrogen) atoms. The number of nitrogens with zero attached hydrogens (tertiary/aromatic N) is 1. The quantitative estimate of drug-likeness (QED) is 0.386. The van der Waals surface area contributed by atoms with Gasteiger partial charge in [-0.05, 0) is 47.7 Å². The number of aromatic nitrogens is 1. The van der Waals surface area contributed by atoms with E-state index in [2.05, 4.69) is 77.6 Å². The van der Waals surface area contributed by atoms with Gasteiger partial charge in [0.25, 0.3) is 0 Å². The fraction of sp³-hybridized carbons (Fsp3) is 0.385. The first kappa shape index (κ1) is 21.1. The molecule has 3 aromatic rings. The van der Waals surface area contributed by atoms with Crippen molar-refractivity contribution in [1.82, 2.24) is 9.88 Å². The number of benzene rings is 2. The first-order valence-electron chi connectivity index (χ1n) is 11.1. The molecule has 3 nitrogen and oxygen atoms in total. The van der Waals surface area contributed by atoms with Gasteiger partial charge >= 0.3 is 0 Å². The third-order valence-electron chi connectivity index (χ3n) is 5.75. The van der Waals surface area contributed by atoms with Gasteiger partial charge in [-0.25, -0.2) is 0 Å². The molecule has 0 saturated heterocycles. The lowest BCUT2D eigenvalue weighted by Gasteiger charge is -2.26. The molecule has 158 valence electrons. The number of H-pyrrole nitrogens is 1. The smallest absolute Gasteiger partial charge is 0.120 e. The van der Waals surface area contributed by atoms with Crippen LogP contribution in [-0.4, -0.2) is 41.9 Å². The average molecular weight is 421 g/mol. The topological polar surface area (TPSA) is 28.3 Å². The maximum atomic E-state index is 5.89. The Bertz CT molecular complexity index is 964. The second-order valence-electron chi connectivity index (χ2n) is 7.92. The first-order chi connectivity index (χ1) is 14.8. The SMILES string of the molecule is CCCCOc1ccc2[nH]cc(CSCCN3CC=C(c4ccccc4)CC3)c2c1. The standard InChI is InChI=1S/C26H32N2OS/c1-2-3-16-29-24-9-10-26-25(18-24)23(19-27-26)20-30-17-15-28-13-11-22(12-14-28)21-7-5-4-6-8-21/h4-11,18-19,27H,2-3,12-17,20H2,1H3. The highest BCUT2D eigenvalue weighted by molar-refractivity contribution is 7.98. The molecule has 0 spiro atoms. The van der Waals surface area contributed by atoms with E-state index in [1.165, 1.54) is 27.6 Å². The molecule has 2 heterocycles. The molecule has 4 rings (SSSR count). The number of fused-ring (bicyclic) bond motifs is 1. The molecular formula is C26H32N2OS. The molecule has 0 saturated carbocycles. The van der Waals surface area contributed by atoms with Crippen molar-refractivity contribution >= 4 is 28.2 Å². The monoisotopic (exact) mass is 420 g/mol. The number of unbranched alkanes of at least 4 members (excludes halogenated alkanes) is 1. The highest BCUT2D eigenvalue weighted by atomic mass is 32.2. The van der Waals surface area contributed by atoms with E-state index in [1.807, 2.05) is 11.8 Å². The van der Waals surface area contributed by atoms with Crippen LogP contribution in [0.2, 0.25) is 0 Å². The van der Waals surface area contributed by atoms with Crippen molar-refractivity contribution in [3.05, 3.63) is 71.9 Å². The van der Waals surface area contributed by atoms with E-state index in [4.69, 9.17) is 4.74 Å². The highest BCUT2D eigenvalue weighted by Crippen LogP contribution is 2.27. The summed E-state index contributed by atoms with van der Waals surface area (Å²) < 4.78 is 5.89. The van der Waals surface area contributed by atoms with Gasteiger partial charge in [-0.2, -0.15) is 11.8 Å². The van der Waals surface area contributed by atoms with Crippen molar-refractivity contribution in [1.29, 1.82) is 0 Å². The van der Waals surface area contributed by atoms with E-state index in [-0.39, 0.29) is 0 Å². The molecule has 0 aliphatic carbocycles. The predicted octanol–water partition coefficient (Wildman–Crippen LogP) is 6.37. The Hall–Kier alpha value is -2.17. The van der Waals surface area contributed by atoms with Crippen molar-refractivity contribution in [2.45, 2.75) is 31.9 Å². The Morgan fingerprint density at radius 2 is 2.03 bits per heavy atom. The van der Waals surface area contributed by atoms with Gasteiger partial charge in [0, 0.05) is 48.2 Å². The fourth-order valence-electron chi connectivity index (χ4n) is 3.91. The molecule has 2 aromatic carbocycles. The minimum Gasteiger partial charge on any atom is -0.494 e. The Morgan fingerprint density at radius 3 is 2.83 bits per heavy atom. The molecule has 1 aliphatic rings. The zero-order chi connectivity index (χ0) is 20.6. The summed E-state index contributed by atoms with van der Waals surface area (Å²) in [6.45, 7) is 6.36. The fourth-order valence-corrected chi connectivity index (χ4v) is 4.90. The molecule has 1 N–H and O–H groups in total. The average Bonchev–Trinajstić information content (AvgIpc) is 3.20. The van der Waals surface area contributed by atoms with Crippen molar-refractivity contribution in [3.63, 3.8) is 0 Å². The van der Waals surface area contributed by atoms with Gasteiger partial charge in [-0.1, -0.05) is 49.8 Å². The van der Waals surface area contributed by atoms with Crippen molar-refractivity contribution < 1.29 is 4.74 Å². The lowest BCUT2D eigenvalue weighted by atomic mass is 10.00. The Kier molecular flexibility index (Phi) is 7.54. The van der Waals surface area contributed by atoms with Crippen LogP contribution in [0.25, 0.3) is 16.5 Å². The van der Waals surface area contributed by atoms with Crippen LogP contribution in [0.3, 0.4) is 0 Å². The number of hydrogen-bond donors (Lipinski definition) is 1. The molecule has 0 bridgehead atoms. The zero-order valence-corrected chi connectivity index (χ0v) is 18.7. The lowest BCUT2D eigenvalue weighted by Crippen LogP contribution is -2.30. The zero-order valence-electron chi connectivity index (χ0n) is 17.9. The Morgan fingerprint density at radius 1 is 1.13 bits per heavy atom. The molecule has 1 aliphatic heterocycles. The van der Waals surface area contributed by atoms with Crippen LogP contribution in [0.4, 0.5) is 0 Å². The van der Waals surface area contributed by atoms with E-state index >= 15 is 0 Å². The van der Waals surface area contributed by atoms with Gasteiger partial charge < -0.3 is 9.72 Å². The summed E-state index contributed by atoms with van der Waals surface area (Å²) in [6, 6.07) is 17.2. The third-order valence-corrected chi connectivity index (χ3v) is 6.74. The van der Waals surface area contributed by atoms with Gasteiger partial charge in [0.15, 0.2) is 0 Å². The van der Waals surface area contributed by atoms with Crippen LogP contribution in [0.1, 0.15) is 37.3 Å². The molecule has 0 atom stereocenters. The van der Waals surface area contributed by atoms with Crippen LogP contribution >= 0.6 is 11.8 Å². The summed E-state index contributed by atoms with van der Waals surface area (Å²) in [5, 5.41) is 1.30. The van der Waals surface area contributed by atoms with Crippen LogP contribution in [0, 0.1) is 0 Å². The van der Waals surface area contributed by atoms with E-state index in [0.717, 1.165) is 62.8 Å². The van der Waals surface area contributed by atoms with Crippen molar-refractivity contribution in [3.8, 4) is 5.75 Å². The van der Waals surface area contributed by atoms with E-state index in [9.17, 15) is 0 Å². The van der Waals surface area contributed by atoms with Crippen LogP contribution in [-0.2, 0) is 5.75 Å². The minimum absolute atomic E-state index is 0.798. The number of aromatic amines is 1. The maximum Gasteiger partial charge on any atom is 0.120 e. The molecule has 0 radical (unpaired) electrons. The van der Waals surface area contributed by atoms with Crippen LogP contribution < -0.4 is 4.74 Å². The summed E-state index contributed by atoms with van der Waals surface area (Å²) in [5.41, 5.74) is 5.45. The molecule has 0 amide bonds. The highest BCUT2D eigenvalue weighted by Gasteiger charge is 2.13. The lowest BCUT2D eigenvalue weighted by molar-refractivity contribution is 0.310. The largest absolute Gasteiger partial charge is 0.494 e. The normalized spacial score (nSPS) is 14.8. The van der Waals surface area contributed by atoms with Crippen LogP contribution in [0.5, 0.6) is 5.75 Å². The number of nitrogens with one attached hydrogen (secondary N) is 1. The van der Waals surface area contributed by atoms with Gasteiger partial charge in [0.05, 0.1) is 6.61 Å². The molecular weight excluding hydrogens is 388 g/mol. The van der Waals surface area contributed by atoms with E-state index in [1.54, 1.807) is 0 Å². The Balaban J connectivity index is 1.24. The molecule has 1 aromatic heterocycles. The van der Waals surface area contributed by atoms with E-state index < -0.39 is 0 Å². The summed E-state index contributed by atoms with van der Waals surface area (Å²) >= 11 is 2.02. The second kappa shape index (κ2) is 10.7. The third kappa shape index (κ3) is 5.50. The van der Waals surface area contributed by atoms with E-state index in [0.29, 0.717) is 0 Å². The van der Waals surface area contributed by atoms with Crippen molar-refractivity contribution in [2.75, 3.05) is 32.0 Å². The summed E-state index contributed by atoms with van der Waals surface area (Å²) in [6.07, 6.45) is 7.98. The van der Waals surface area contributed by atoms with Gasteiger partial charge in [0.1, 0.15) is 5.75 Å². The maximum absolute atomic E-state index is 5.89. The number of hydrogen-bond acceptors (Lipinski definition) is 3.